The highest BCUT2D eigenvalue weighted by molar-refractivity contribution is 9.11. The molecule has 1 aromatic carbocycles. The average Bonchev–Trinajstić information content (AvgIpc) is 2.89. The molecule has 2 rings (SSSR count). The molecule has 0 saturated heterocycles. The van der Waals surface area contributed by atoms with Gasteiger partial charge < -0.3 is 5.11 Å². The Balaban J connectivity index is 2.08. The van der Waals surface area contributed by atoms with Crippen molar-refractivity contribution in [2.24, 2.45) is 0 Å². The highest BCUT2D eigenvalue weighted by Gasteiger charge is 2.09. The monoisotopic (exact) mass is 400 g/mol. The molecule has 0 radical (unpaired) electrons. The topological polar surface area (TPSA) is 54.4 Å². The fourth-order valence-corrected chi connectivity index (χ4v) is 3.55. The first-order valence-corrected chi connectivity index (χ1v) is 8.67. The van der Waals surface area contributed by atoms with Gasteiger partial charge in [0.15, 0.2) is 5.78 Å². The Bertz CT molecular complexity index is 740. The molecule has 0 amide bonds. The SMILES string of the molecule is O=C(O)CSc1ccc(C(=O)/C=C/c2ccc(Br)s2)cc1F. The molecule has 22 heavy (non-hydrogen) atoms. The number of allylic oxidation sites excluding steroid dienone is 1. The Kier molecular flexibility index (Phi) is 5.93. The summed E-state index contributed by atoms with van der Waals surface area (Å²) in [6, 6.07) is 7.78. The molecule has 0 aliphatic carbocycles. The number of rotatable bonds is 6. The van der Waals surface area contributed by atoms with E-state index in [1.165, 1.54) is 29.5 Å². The van der Waals surface area contributed by atoms with Crippen molar-refractivity contribution in [1.82, 2.24) is 0 Å². The summed E-state index contributed by atoms with van der Waals surface area (Å²) in [5.41, 5.74) is 0.226. The van der Waals surface area contributed by atoms with Crippen LogP contribution in [0.1, 0.15) is 15.2 Å². The molecule has 0 aliphatic heterocycles. The summed E-state index contributed by atoms with van der Waals surface area (Å²) in [5.74, 6) is -2.14. The molecular formula is C15H10BrFO3S2. The Morgan fingerprint density at radius 3 is 2.68 bits per heavy atom. The second-order valence-corrected chi connectivity index (χ2v) is 7.68. The van der Waals surface area contributed by atoms with Crippen LogP contribution >= 0.6 is 39.0 Å². The number of ketones is 1. The summed E-state index contributed by atoms with van der Waals surface area (Å²) >= 11 is 5.70. The summed E-state index contributed by atoms with van der Waals surface area (Å²) in [5, 5.41) is 8.58. The van der Waals surface area contributed by atoms with Gasteiger partial charge in [-0.2, -0.15) is 0 Å². The lowest BCUT2D eigenvalue weighted by molar-refractivity contribution is -0.133. The van der Waals surface area contributed by atoms with Gasteiger partial charge in [0.1, 0.15) is 5.82 Å². The van der Waals surface area contributed by atoms with Crippen molar-refractivity contribution in [3.8, 4) is 0 Å². The van der Waals surface area contributed by atoms with Gasteiger partial charge in [0.05, 0.1) is 9.54 Å². The summed E-state index contributed by atoms with van der Waals surface area (Å²) in [7, 11) is 0. The van der Waals surface area contributed by atoms with Gasteiger partial charge in [-0.3, -0.25) is 9.59 Å². The highest BCUT2D eigenvalue weighted by atomic mass is 79.9. The van der Waals surface area contributed by atoms with E-state index in [1.807, 2.05) is 12.1 Å². The number of halogens is 2. The van der Waals surface area contributed by atoms with Crippen LogP contribution in [0.15, 0.2) is 45.1 Å². The smallest absolute Gasteiger partial charge is 0.313 e. The molecule has 0 unspecified atom stereocenters. The van der Waals surface area contributed by atoms with Crippen LogP contribution in [0, 0.1) is 5.82 Å². The molecule has 7 heteroatoms. The predicted molar refractivity (Wildman–Crippen MR) is 90.1 cm³/mol. The zero-order chi connectivity index (χ0) is 16.1. The molecule has 0 aliphatic rings. The maximum atomic E-state index is 13.8. The highest BCUT2D eigenvalue weighted by Crippen LogP contribution is 2.24. The molecule has 0 atom stereocenters. The third-order valence-electron chi connectivity index (χ3n) is 2.56. The zero-order valence-corrected chi connectivity index (χ0v) is 14.3. The fraction of sp³-hybridized carbons (Fsp3) is 0.0667. The molecule has 114 valence electrons. The lowest BCUT2D eigenvalue weighted by atomic mass is 10.1. The van der Waals surface area contributed by atoms with Gasteiger partial charge in [-0.15, -0.1) is 23.1 Å². The van der Waals surface area contributed by atoms with Crippen molar-refractivity contribution in [1.29, 1.82) is 0 Å². The number of hydrogen-bond acceptors (Lipinski definition) is 4. The quantitative estimate of drug-likeness (QED) is 0.432. The van der Waals surface area contributed by atoms with Crippen LogP contribution in [0.2, 0.25) is 0 Å². The van der Waals surface area contributed by atoms with Crippen LogP contribution in [0.4, 0.5) is 4.39 Å². The van der Waals surface area contributed by atoms with Crippen molar-refractivity contribution in [3.05, 3.63) is 56.5 Å². The van der Waals surface area contributed by atoms with Gasteiger partial charge in [0.2, 0.25) is 0 Å². The minimum absolute atomic E-state index is 0.213. The number of carbonyl (C=O) groups is 2. The van der Waals surface area contributed by atoms with Gasteiger partial charge in [-0.05, 0) is 58.4 Å². The normalized spacial score (nSPS) is 11.0. The zero-order valence-electron chi connectivity index (χ0n) is 11.1. The Morgan fingerprint density at radius 2 is 2.09 bits per heavy atom. The van der Waals surface area contributed by atoms with E-state index in [4.69, 9.17) is 5.11 Å². The van der Waals surface area contributed by atoms with Crippen molar-refractivity contribution < 1.29 is 19.1 Å². The molecule has 1 N–H and O–H groups in total. The lowest BCUT2D eigenvalue weighted by Crippen LogP contribution is -1.99. The van der Waals surface area contributed by atoms with Crippen LogP contribution < -0.4 is 0 Å². The second kappa shape index (κ2) is 7.71. The summed E-state index contributed by atoms with van der Waals surface area (Å²) in [6.45, 7) is 0. The number of hydrogen-bond donors (Lipinski definition) is 1. The largest absolute Gasteiger partial charge is 0.481 e. The van der Waals surface area contributed by atoms with Gasteiger partial charge in [-0.25, -0.2) is 4.39 Å². The number of thioether (sulfide) groups is 1. The standard InChI is InChI=1S/C15H10BrFO3S2/c16-14-6-3-10(22-14)2-4-12(18)9-1-5-13(11(17)7-9)21-8-15(19)20/h1-7H,8H2,(H,19,20)/b4-2+. The van der Waals surface area contributed by atoms with E-state index in [0.717, 1.165) is 26.5 Å². The first-order chi connectivity index (χ1) is 10.5. The summed E-state index contributed by atoms with van der Waals surface area (Å²) < 4.78 is 14.8. The Morgan fingerprint density at radius 1 is 1.32 bits per heavy atom. The summed E-state index contributed by atoms with van der Waals surface area (Å²) in [4.78, 5) is 23.6. The Labute approximate surface area is 143 Å². The minimum Gasteiger partial charge on any atom is -0.481 e. The van der Waals surface area contributed by atoms with Crippen LogP contribution in [-0.2, 0) is 4.79 Å². The third-order valence-corrected chi connectivity index (χ3v) is 5.18. The van der Waals surface area contributed by atoms with E-state index in [9.17, 15) is 14.0 Å². The lowest BCUT2D eigenvalue weighted by Gasteiger charge is -2.02. The molecule has 2 aromatic rings. The maximum Gasteiger partial charge on any atom is 0.313 e. The minimum atomic E-state index is -1.02. The van der Waals surface area contributed by atoms with E-state index in [1.54, 1.807) is 6.08 Å². The molecular weight excluding hydrogens is 391 g/mol. The van der Waals surface area contributed by atoms with Crippen LogP contribution in [0.5, 0.6) is 0 Å². The van der Waals surface area contributed by atoms with E-state index < -0.39 is 11.8 Å². The number of carboxylic acids is 1. The number of carboxylic acid groups (broad SMARTS) is 1. The molecule has 1 heterocycles. The second-order valence-electron chi connectivity index (χ2n) is 4.17. The number of carbonyl (C=O) groups excluding carboxylic acids is 1. The van der Waals surface area contributed by atoms with E-state index >= 15 is 0 Å². The van der Waals surface area contributed by atoms with E-state index in [0.29, 0.717) is 0 Å². The van der Waals surface area contributed by atoms with Crippen LogP contribution in [0.3, 0.4) is 0 Å². The number of thiophene rings is 1. The van der Waals surface area contributed by atoms with Crippen LogP contribution in [0.25, 0.3) is 6.08 Å². The Hall–Kier alpha value is -1.44. The van der Waals surface area contributed by atoms with Gasteiger partial charge in [-0.1, -0.05) is 0 Å². The average molecular weight is 401 g/mol. The predicted octanol–water partition coefficient (Wildman–Crippen LogP) is 4.72. The van der Waals surface area contributed by atoms with Crippen LogP contribution in [-0.4, -0.2) is 22.6 Å². The van der Waals surface area contributed by atoms with Crippen molar-refractivity contribution in [2.45, 2.75) is 4.90 Å². The molecule has 0 bridgehead atoms. The van der Waals surface area contributed by atoms with E-state index in [2.05, 4.69) is 15.9 Å². The molecule has 0 fully saturated rings. The molecule has 1 aromatic heterocycles. The van der Waals surface area contributed by atoms with Gasteiger partial charge in [0, 0.05) is 15.3 Å². The van der Waals surface area contributed by atoms with E-state index in [-0.39, 0.29) is 22.0 Å². The van der Waals surface area contributed by atoms with Crippen molar-refractivity contribution in [2.75, 3.05) is 5.75 Å². The maximum absolute atomic E-state index is 13.8. The number of benzene rings is 1. The first-order valence-electron chi connectivity index (χ1n) is 6.07. The summed E-state index contributed by atoms with van der Waals surface area (Å²) in [6.07, 6.45) is 3.06. The third kappa shape index (κ3) is 4.79. The fourth-order valence-electron chi connectivity index (χ4n) is 1.58. The van der Waals surface area contributed by atoms with Crippen molar-refractivity contribution >= 4 is 56.9 Å². The molecule has 0 saturated carbocycles. The van der Waals surface area contributed by atoms with Gasteiger partial charge >= 0.3 is 5.97 Å². The number of aliphatic carboxylic acids is 1. The van der Waals surface area contributed by atoms with Crippen molar-refractivity contribution in [3.63, 3.8) is 0 Å². The molecule has 0 spiro atoms. The van der Waals surface area contributed by atoms with Gasteiger partial charge in [0.25, 0.3) is 0 Å². The first kappa shape index (κ1) is 16.9. The molecule has 3 nitrogen and oxygen atoms in total.